The quantitative estimate of drug-likeness (QED) is 0.800. The second-order valence-electron chi connectivity index (χ2n) is 4.05. The van der Waals surface area contributed by atoms with Crippen LogP contribution >= 0.6 is 0 Å². The standard InChI is InChI=1S/C12H17F2N/c1-8(2)10-5-4-6-11(7-10)15-9(3)12(13)14/h4-9,12,15H,1-3H3. The average molecular weight is 213 g/mol. The monoisotopic (exact) mass is 213 g/mol. The minimum atomic E-state index is -2.34. The van der Waals surface area contributed by atoms with Gasteiger partial charge in [0.2, 0.25) is 0 Å². The molecule has 0 saturated carbocycles. The van der Waals surface area contributed by atoms with Crippen molar-refractivity contribution in [2.75, 3.05) is 5.32 Å². The minimum Gasteiger partial charge on any atom is -0.377 e. The smallest absolute Gasteiger partial charge is 0.258 e. The molecule has 1 aromatic carbocycles. The first-order valence-electron chi connectivity index (χ1n) is 5.15. The first-order valence-corrected chi connectivity index (χ1v) is 5.15. The summed E-state index contributed by atoms with van der Waals surface area (Å²) in [6.07, 6.45) is -2.34. The number of nitrogens with one attached hydrogen (secondary N) is 1. The van der Waals surface area contributed by atoms with Crippen LogP contribution in [0.25, 0.3) is 0 Å². The minimum absolute atomic E-state index is 0.411. The molecule has 0 amide bonds. The van der Waals surface area contributed by atoms with Crippen molar-refractivity contribution in [1.82, 2.24) is 0 Å². The van der Waals surface area contributed by atoms with Gasteiger partial charge >= 0.3 is 0 Å². The van der Waals surface area contributed by atoms with Gasteiger partial charge in [0.15, 0.2) is 0 Å². The SMILES string of the molecule is CC(C)c1cccc(NC(C)C(F)F)c1. The number of hydrogen-bond donors (Lipinski definition) is 1. The first-order chi connectivity index (χ1) is 7.00. The summed E-state index contributed by atoms with van der Waals surface area (Å²) in [6, 6.07) is 6.81. The van der Waals surface area contributed by atoms with Crippen LogP contribution in [0.1, 0.15) is 32.3 Å². The van der Waals surface area contributed by atoms with Crippen molar-refractivity contribution in [2.24, 2.45) is 0 Å². The summed E-state index contributed by atoms with van der Waals surface area (Å²) < 4.78 is 24.6. The summed E-state index contributed by atoms with van der Waals surface area (Å²) >= 11 is 0. The lowest BCUT2D eigenvalue weighted by Gasteiger charge is -2.15. The van der Waals surface area contributed by atoms with Crippen LogP contribution in [0.4, 0.5) is 14.5 Å². The highest BCUT2D eigenvalue weighted by molar-refractivity contribution is 5.47. The predicted octanol–water partition coefficient (Wildman–Crippen LogP) is 3.88. The molecule has 1 aromatic rings. The molecular formula is C12H17F2N. The predicted molar refractivity (Wildman–Crippen MR) is 59.6 cm³/mol. The Morgan fingerprint density at radius 1 is 1.13 bits per heavy atom. The zero-order valence-corrected chi connectivity index (χ0v) is 9.30. The van der Waals surface area contributed by atoms with Crippen molar-refractivity contribution >= 4 is 5.69 Å². The Kier molecular flexibility index (Phi) is 4.06. The second kappa shape index (κ2) is 5.10. The number of hydrogen-bond acceptors (Lipinski definition) is 1. The molecule has 0 aliphatic heterocycles. The molecule has 1 atom stereocenters. The van der Waals surface area contributed by atoms with Crippen molar-refractivity contribution in [2.45, 2.75) is 39.2 Å². The normalized spacial score (nSPS) is 13.3. The second-order valence-corrected chi connectivity index (χ2v) is 4.05. The molecule has 0 bridgehead atoms. The molecule has 15 heavy (non-hydrogen) atoms. The molecule has 84 valence electrons. The van der Waals surface area contributed by atoms with Crippen molar-refractivity contribution in [1.29, 1.82) is 0 Å². The fourth-order valence-electron chi connectivity index (χ4n) is 1.31. The molecule has 3 heteroatoms. The molecular weight excluding hydrogens is 196 g/mol. The Labute approximate surface area is 89.5 Å². The number of halogens is 2. The average Bonchev–Trinajstić information content (AvgIpc) is 2.18. The Balaban J connectivity index is 2.73. The summed E-state index contributed by atoms with van der Waals surface area (Å²) in [5.41, 5.74) is 1.91. The molecule has 0 saturated heterocycles. The highest BCUT2D eigenvalue weighted by Crippen LogP contribution is 2.19. The van der Waals surface area contributed by atoms with Crippen LogP contribution in [0.2, 0.25) is 0 Å². The highest BCUT2D eigenvalue weighted by atomic mass is 19.3. The summed E-state index contributed by atoms with van der Waals surface area (Å²) in [4.78, 5) is 0. The Hall–Kier alpha value is -1.12. The van der Waals surface area contributed by atoms with Gasteiger partial charge in [0.1, 0.15) is 0 Å². The van der Waals surface area contributed by atoms with E-state index in [1.165, 1.54) is 6.92 Å². The van der Waals surface area contributed by atoms with E-state index in [1.807, 2.05) is 24.3 Å². The number of rotatable bonds is 4. The molecule has 0 aromatic heterocycles. The van der Waals surface area contributed by atoms with Crippen LogP contribution in [0.3, 0.4) is 0 Å². The lowest BCUT2D eigenvalue weighted by molar-refractivity contribution is 0.131. The van der Waals surface area contributed by atoms with Crippen LogP contribution < -0.4 is 5.32 Å². The van der Waals surface area contributed by atoms with Gasteiger partial charge in [-0.3, -0.25) is 0 Å². The molecule has 0 heterocycles. The lowest BCUT2D eigenvalue weighted by Crippen LogP contribution is -2.23. The van der Waals surface area contributed by atoms with E-state index in [2.05, 4.69) is 19.2 Å². The first kappa shape index (κ1) is 12.0. The largest absolute Gasteiger partial charge is 0.377 e. The third-order valence-electron chi connectivity index (χ3n) is 2.33. The molecule has 0 aliphatic carbocycles. The van der Waals surface area contributed by atoms with Gasteiger partial charge < -0.3 is 5.32 Å². The molecule has 1 nitrogen and oxygen atoms in total. The van der Waals surface area contributed by atoms with Crippen LogP contribution in [-0.2, 0) is 0 Å². The molecule has 0 fully saturated rings. The van der Waals surface area contributed by atoms with E-state index >= 15 is 0 Å². The van der Waals surface area contributed by atoms with Gasteiger partial charge in [0, 0.05) is 5.69 Å². The molecule has 0 radical (unpaired) electrons. The van der Waals surface area contributed by atoms with E-state index in [4.69, 9.17) is 0 Å². The van der Waals surface area contributed by atoms with E-state index < -0.39 is 12.5 Å². The number of alkyl halides is 2. The summed E-state index contributed by atoms with van der Waals surface area (Å²) in [5, 5.41) is 2.79. The third-order valence-corrected chi connectivity index (χ3v) is 2.33. The van der Waals surface area contributed by atoms with Crippen molar-refractivity contribution in [3.8, 4) is 0 Å². The van der Waals surface area contributed by atoms with Gasteiger partial charge in [-0.15, -0.1) is 0 Å². The third kappa shape index (κ3) is 3.50. The van der Waals surface area contributed by atoms with E-state index in [0.717, 1.165) is 11.3 Å². The maximum absolute atomic E-state index is 12.3. The van der Waals surface area contributed by atoms with Gasteiger partial charge in [0.25, 0.3) is 6.43 Å². The van der Waals surface area contributed by atoms with Crippen LogP contribution in [0.15, 0.2) is 24.3 Å². The van der Waals surface area contributed by atoms with E-state index in [-0.39, 0.29) is 0 Å². The maximum Gasteiger partial charge on any atom is 0.258 e. The van der Waals surface area contributed by atoms with Gasteiger partial charge in [-0.1, -0.05) is 26.0 Å². The molecule has 1 unspecified atom stereocenters. The van der Waals surface area contributed by atoms with E-state index in [0.29, 0.717) is 5.92 Å². The summed E-state index contributed by atoms with van der Waals surface area (Å²) in [6.45, 7) is 5.64. The van der Waals surface area contributed by atoms with Gasteiger partial charge in [-0.2, -0.15) is 0 Å². The molecule has 0 aliphatic rings. The van der Waals surface area contributed by atoms with Crippen LogP contribution in [0, 0.1) is 0 Å². The fourth-order valence-corrected chi connectivity index (χ4v) is 1.31. The van der Waals surface area contributed by atoms with Crippen LogP contribution in [0.5, 0.6) is 0 Å². The van der Waals surface area contributed by atoms with Crippen molar-refractivity contribution in [3.63, 3.8) is 0 Å². The number of benzene rings is 1. The van der Waals surface area contributed by atoms with Crippen molar-refractivity contribution in [3.05, 3.63) is 29.8 Å². The van der Waals surface area contributed by atoms with E-state index in [9.17, 15) is 8.78 Å². The fraction of sp³-hybridized carbons (Fsp3) is 0.500. The summed E-state index contributed by atoms with van der Waals surface area (Å²) in [7, 11) is 0. The van der Waals surface area contributed by atoms with Gasteiger partial charge in [-0.05, 0) is 30.5 Å². The van der Waals surface area contributed by atoms with Crippen molar-refractivity contribution < 1.29 is 8.78 Å². The van der Waals surface area contributed by atoms with Gasteiger partial charge in [0.05, 0.1) is 6.04 Å². The Morgan fingerprint density at radius 2 is 1.80 bits per heavy atom. The molecule has 1 rings (SSSR count). The zero-order chi connectivity index (χ0) is 11.4. The topological polar surface area (TPSA) is 12.0 Å². The lowest BCUT2D eigenvalue weighted by atomic mass is 10.0. The zero-order valence-electron chi connectivity index (χ0n) is 9.30. The van der Waals surface area contributed by atoms with E-state index in [1.54, 1.807) is 0 Å². The van der Waals surface area contributed by atoms with Crippen LogP contribution in [-0.4, -0.2) is 12.5 Å². The summed E-state index contributed by atoms with van der Waals surface area (Å²) in [5.74, 6) is 0.411. The number of anilines is 1. The maximum atomic E-state index is 12.3. The highest BCUT2D eigenvalue weighted by Gasteiger charge is 2.13. The molecule has 1 N–H and O–H groups in total. The van der Waals surface area contributed by atoms with Gasteiger partial charge in [-0.25, -0.2) is 8.78 Å². The Morgan fingerprint density at radius 3 is 2.33 bits per heavy atom. The Bertz CT molecular complexity index is 310. The molecule has 0 spiro atoms.